The van der Waals surface area contributed by atoms with Crippen LogP contribution in [0.2, 0.25) is 0 Å². The highest BCUT2D eigenvalue weighted by atomic mass is 79.9. The summed E-state index contributed by atoms with van der Waals surface area (Å²) in [5.41, 5.74) is 8.94. The van der Waals surface area contributed by atoms with Crippen LogP contribution in [0.5, 0.6) is 0 Å². The van der Waals surface area contributed by atoms with E-state index >= 15 is 0 Å². The molecule has 2 rings (SSSR count). The number of nitrogen functional groups attached to an aromatic ring is 1. The quantitative estimate of drug-likeness (QED) is 0.918. The number of nitrogens with zero attached hydrogens (tertiary/aromatic N) is 2. The lowest BCUT2D eigenvalue weighted by atomic mass is 10.1. The number of anilines is 1. The van der Waals surface area contributed by atoms with Crippen LogP contribution in [0.4, 0.5) is 5.82 Å². The van der Waals surface area contributed by atoms with Gasteiger partial charge in [-0.2, -0.15) is 0 Å². The lowest BCUT2D eigenvalue weighted by Gasteiger charge is -2.05. The Kier molecular flexibility index (Phi) is 3.19. The first kappa shape index (κ1) is 11.1. The van der Waals surface area contributed by atoms with Gasteiger partial charge >= 0.3 is 0 Å². The number of pyridine rings is 2. The zero-order valence-corrected chi connectivity index (χ0v) is 10.5. The molecule has 0 saturated heterocycles. The van der Waals surface area contributed by atoms with Crippen LogP contribution >= 0.6 is 15.9 Å². The zero-order valence-electron chi connectivity index (χ0n) is 8.94. The molecule has 0 aromatic carbocycles. The third-order valence-corrected chi connectivity index (χ3v) is 2.77. The summed E-state index contributed by atoms with van der Waals surface area (Å²) < 4.78 is 0.978. The largest absolute Gasteiger partial charge is 0.383 e. The molecule has 0 bridgehead atoms. The number of hydrogen-bond donors (Lipinski definition) is 1. The second-order valence-corrected chi connectivity index (χ2v) is 4.62. The van der Waals surface area contributed by atoms with Gasteiger partial charge in [0.2, 0.25) is 0 Å². The maximum atomic E-state index is 5.82. The Morgan fingerprint density at radius 1 is 1.25 bits per heavy atom. The topological polar surface area (TPSA) is 51.8 Å². The minimum Gasteiger partial charge on any atom is -0.383 e. The standard InChI is InChI=1S/C12H12BrN3/c1-8-4-9(12(14)16-6-8)5-11-3-2-10(13)7-15-11/h2-4,6-7H,5H2,1H3,(H2,14,16). The fraction of sp³-hybridized carbons (Fsp3) is 0.167. The molecular formula is C12H12BrN3. The molecule has 0 fully saturated rings. The van der Waals surface area contributed by atoms with Gasteiger partial charge in [-0.3, -0.25) is 4.98 Å². The van der Waals surface area contributed by atoms with Crippen molar-refractivity contribution in [3.8, 4) is 0 Å². The highest BCUT2D eigenvalue weighted by Gasteiger charge is 2.03. The van der Waals surface area contributed by atoms with Crippen LogP contribution in [-0.4, -0.2) is 9.97 Å². The molecule has 0 aliphatic rings. The van der Waals surface area contributed by atoms with E-state index in [2.05, 4.69) is 25.9 Å². The van der Waals surface area contributed by atoms with Gasteiger partial charge in [0.25, 0.3) is 0 Å². The molecule has 2 heterocycles. The van der Waals surface area contributed by atoms with Crippen molar-refractivity contribution in [1.29, 1.82) is 0 Å². The van der Waals surface area contributed by atoms with Crippen LogP contribution in [0.15, 0.2) is 35.1 Å². The molecule has 2 aromatic rings. The molecule has 0 atom stereocenters. The Labute approximate surface area is 103 Å². The Bertz CT molecular complexity index is 494. The first-order chi connectivity index (χ1) is 7.65. The van der Waals surface area contributed by atoms with E-state index in [1.807, 2.05) is 25.1 Å². The average molecular weight is 278 g/mol. The predicted octanol–water partition coefficient (Wildman–Crippen LogP) is 2.72. The molecule has 16 heavy (non-hydrogen) atoms. The molecule has 82 valence electrons. The van der Waals surface area contributed by atoms with E-state index < -0.39 is 0 Å². The highest BCUT2D eigenvalue weighted by Crippen LogP contribution is 2.15. The number of halogens is 1. The van der Waals surface area contributed by atoms with Crippen molar-refractivity contribution in [3.63, 3.8) is 0 Å². The van der Waals surface area contributed by atoms with Crippen LogP contribution in [-0.2, 0) is 6.42 Å². The van der Waals surface area contributed by atoms with Gasteiger partial charge in [0.05, 0.1) is 0 Å². The molecule has 2 aromatic heterocycles. The van der Waals surface area contributed by atoms with Crippen molar-refractivity contribution in [2.75, 3.05) is 5.73 Å². The van der Waals surface area contributed by atoms with Gasteiger partial charge in [-0.05, 0) is 40.5 Å². The van der Waals surface area contributed by atoms with Crippen molar-refractivity contribution in [2.24, 2.45) is 0 Å². The first-order valence-electron chi connectivity index (χ1n) is 4.96. The molecule has 0 saturated carbocycles. The molecule has 0 radical (unpaired) electrons. The van der Waals surface area contributed by atoms with Gasteiger partial charge in [-0.25, -0.2) is 4.98 Å². The first-order valence-corrected chi connectivity index (χ1v) is 5.76. The van der Waals surface area contributed by atoms with Gasteiger partial charge in [-0.15, -0.1) is 0 Å². The Morgan fingerprint density at radius 3 is 2.75 bits per heavy atom. The van der Waals surface area contributed by atoms with Crippen LogP contribution in [0.3, 0.4) is 0 Å². The summed E-state index contributed by atoms with van der Waals surface area (Å²) in [5, 5.41) is 0. The highest BCUT2D eigenvalue weighted by molar-refractivity contribution is 9.10. The number of nitrogens with two attached hydrogens (primary N) is 1. The second-order valence-electron chi connectivity index (χ2n) is 3.70. The summed E-state index contributed by atoms with van der Waals surface area (Å²) in [6.07, 6.45) is 4.27. The number of aromatic nitrogens is 2. The van der Waals surface area contributed by atoms with Crippen molar-refractivity contribution in [1.82, 2.24) is 9.97 Å². The normalized spacial score (nSPS) is 10.4. The molecule has 3 nitrogen and oxygen atoms in total. The van der Waals surface area contributed by atoms with Crippen molar-refractivity contribution < 1.29 is 0 Å². The monoisotopic (exact) mass is 277 g/mol. The summed E-state index contributed by atoms with van der Waals surface area (Å²) >= 11 is 3.36. The number of hydrogen-bond acceptors (Lipinski definition) is 3. The van der Waals surface area contributed by atoms with Gasteiger partial charge in [0, 0.05) is 34.5 Å². The van der Waals surface area contributed by atoms with Crippen LogP contribution in [0.1, 0.15) is 16.8 Å². The Hall–Kier alpha value is -1.42. The van der Waals surface area contributed by atoms with Gasteiger partial charge < -0.3 is 5.73 Å². The Morgan fingerprint density at radius 2 is 2.06 bits per heavy atom. The molecule has 0 unspecified atom stereocenters. The van der Waals surface area contributed by atoms with E-state index in [0.29, 0.717) is 12.2 Å². The smallest absolute Gasteiger partial charge is 0.126 e. The van der Waals surface area contributed by atoms with Crippen molar-refractivity contribution in [3.05, 3.63) is 51.9 Å². The lowest BCUT2D eigenvalue weighted by molar-refractivity contribution is 1.05. The number of aryl methyl sites for hydroxylation is 1. The van der Waals surface area contributed by atoms with Crippen LogP contribution < -0.4 is 5.73 Å². The minimum atomic E-state index is 0.579. The van der Waals surface area contributed by atoms with E-state index in [0.717, 1.165) is 21.3 Å². The molecule has 4 heteroatoms. The third-order valence-electron chi connectivity index (χ3n) is 2.30. The summed E-state index contributed by atoms with van der Waals surface area (Å²) in [4.78, 5) is 8.45. The van der Waals surface area contributed by atoms with E-state index in [9.17, 15) is 0 Å². The van der Waals surface area contributed by atoms with E-state index in [1.54, 1.807) is 12.4 Å². The fourth-order valence-electron chi connectivity index (χ4n) is 1.49. The van der Waals surface area contributed by atoms with Crippen molar-refractivity contribution >= 4 is 21.7 Å². The van der Waals surface area contributed by atoms with Crippen LogP contribution in [0.25, 0.3) is 0 Å². The summed E-state index contributed by atoms with van der Waals surface area (Å²) in [6, 6.07) is 6.00. The fourth-order valence-corrected chi connectivity index (χ4v) is 1.72. The minimum absolute atomic E-state index is 0.579. The SMILES string of the molecule is Cc1cnc(N)c(Cc2ccc(Br)cn2)c1. The molecular weight excluding hydrogens is 266 g/mol. The average Bonchev–Trinajstić information content (AvgIpc) is 2.27. The van der Waals surface area contributed by atoms with E-state index in [-0.39, 0.29) is 0 Å². The van der Waals surface area contributed by atoms with Gasteiger partial charge in [-0.1, -0.05) is 6.07 Å². The summed E-state index contributed by atoms with van der Waals surface area (Å²) in [7, 11) is 0. The number of rotatable bonds is 2. The van der Waals surface area contributed by atoms with Crippen molar-refractivity contribution in [2.45, 2.75) is 13.3 Å². The predicted molar refractivity (Wildman–Crippen MR) is 68.1 cm³/mol. The maximum Gasteiger partial charge on any atom is 0.126 e. The summed E-state index contributed by atoms with van der Waals surface area (Å²) in [6.45, 7) is 2.00. The van der Waals surface area contributed by atoms with E-state index in [4.69, 9.17) is 5.73 Å². The third kappa shape index (κ3) is 2.58. The lowest BCUT2D eigenvalue weighted by Crippen LogP contribution is -2.00. The molecule has 2 N–H and O–H groups in total. The van der Waals surface area contributed by atoms with Crippen LogP contribution in [0, 0.1) is 6.92 Å². The Balaban J connectivity index is 2.26. The second kappa shape index (κ2) is 4.61. The maximum absolute atomic E-state index is 5.82. The molecule has 0 aliphatic heterocycles. The zero-order chi connectivity index (χ0) is 11.5. The molecule has 0 aliphatic carbocycles. The van der Waals surface area contributed by atoms with Gasteiger partial charge in [0.1, 0.15) is 5.82 Å². The molecule has 0 spiro atoms. The van der Waals surface area contributed by atoms with E-state index in [1.165, 1.54) is 0 Å². The summed E-state index contributed by atoms with van der Waals surface area (Å²) in [5.74, 6) is 0.579. The molecule has 0 amide bonds. The van der Waals surface area contributed by atoms with Gasteiger partial charge in [0.15, 0.2) is 0 Å².